The number of aliphatic carboxylic acids is 1. The van der Waals surface area contributed by atoms with E-state index in [1.54, 1.807) is 30.3 Å². The number of aromatic nitrogens is 2. The summed E-state index contributed by atoms with van der Waals surface area (Å²) in [7, 11) is -3.71. The van der Waals surface area contributed by atoms with Gasteiger partial charge in [-0.25, -0.2) is 4.79 Å². The number of nitrogen functional groups attached to an aromatic ring is 1. The van der Waals surface area contributed by atoms with Crippen molar-refractivity contribution in [3.8, 4) is 22.9 Å². The van der Waals surface area contributed by atoms with Crippen LogP contribution in [0.3, 0.4) is 0 Å². The number of anilines is 1. The van der Waals surface area contributed by atoms with Crippen LogP contribution in [0, 0.1) is 10.1 Å². The summed E-state index contributed by atoms with van der Waals surface area (Å²) < 4.78 is 27.4. The Balaban J connectivity index is 0.000000408. The number of nitrogens with zero attached hydrogens (tertiary/aromatic N) is 3. The number of para-hydroxylation sites is 1. The van der Waals surface area contributed by atoms with Crippen LogP contribution in [0.15, 0.2) is 63.8 Å². The SMILES string of the molecule is CC(C)Oc1cc(-n2nc(C(C)(C)C)oc2=O)c(Cl)cc1Cl.C[S+](C)C.Nc1c([N+](=O)[O-])ccc(Oc2ccccc2)c1Cl.O=C(O)CNCP(=O)([O-])O. The molecule has 0 saturated heterocycles. The lowest BCUT2D eigenvalue weighted by atomic mass is 9.97. The summed E-state index contributed by atoms with van der Waals surface area (Å²) in [6.07, 6.45) is 5.81. The Hall–Kier alpha value is -3.80. The van der Waals surface area contributed by atoms with Gasteiger partial charge in [0.15, 0.2) is 0 Å². The van der Waals surface area contributed by atoms with E-state index in [1.165, 1.54) is 18.2 Å². The molecule has 0 aliphatic carbocycles. The van der Waals surface area contributed by atoms with Gasteiger partial charge in [0.1, 0.15) is 35.6 Å². The van der Waals surface area contributed by atoms with Crippen molar-refractivity contribution in [2.45, 2.75) is 46.1 Å². The van der Waals surface area contributed by atoms with Crippen molar-refractivity contribution in [3.05, 3.63) is 96.2 Å². The molecule has 0 radical (unpaired) electrons. The highest BCUT2D eigenvalue weighted by Crippen LogP contribution is 2.39. The van der Waals surface area contributed by atoms with E-state index in [0.29, 0.717) is 39.0 Å². The second-order valence-corrected chi connectivity index (χ2v) is 17.8. The predicted octanol–water partition coefficient (Wildman–Crippen LogP) is 6.50. The summed E-state index contributed by atoms with van der Waals surface area (Å²) in [5.74, 6) is -0.158. The fourth-order valence-electron chi connectivity index (χ4n) is 3.48. The van der Waals surface area contributed by atoms with Gasteiger partial charge >= 0.3 is 11.7 Å². The predicted molar refractivity (Wildman–Crippen MR) is 211 cm³/mol. The molecule has 0 fully saturated rings. The second kappa shape index (κ2) is 21.9. The zero-order chi connectivity index (χ0) is 41.6. The molecule has 0 bridgehead atoms. The summed E-state index contributed by atoms with van der Waals surface area (Å²) >= 11 is 18.2. The number of hydrogen-bond acceptors (Lipinski definition) is 12. The van der Waals surface area contributed by atoms with Crippen molar-refractivity contribution in [2.75, 3.05) is 37.3 Å². The topological polar surface area (TPSA) is 245 Å². The van der Waals surface area contributed by atoms with Gasteiger partial charge in [0, 0.05) is 17.5 Å². The van der Waals surface area contributed by atoms with Gasteiger partial charge in [-0.3, -0.25) is 20.2 Å². The number of carboxylic acids is 1. The van der Waals surface area contributed by atoms with E-state index in [4.69, 9.17) is 64.4 Å². The molecule has 4 aromatic rings. The maximum Gasteiger partial charge on any atom is 0.442 e. The van der Waals surface area contributed by atoms with Crippen LogP contribution < -0.4 is 31.2 Å². The van der Waals surface area contributed by atoms with Crippen LogP contribution in [0.2, 0.25) is 15.1 Å². The quantitative estimate of drug-likeness (QED) is 0.0438. The molecule has 54 heavy (non-hydrogen) atoms. The lowest BCUT2D eigenvalue weighted by molar-refractivity contribution is -0.383. The highest BCUT2D eigenvalue weighted by molar-refractivity contribution is 7.94. The van der Waals surface area contributed by atoms with Gasteiger partial charge in [-0.1, -0.05) is 73.8 Å². The van der Waals surface area contributed by atoms with Gasteiger partial charge in [-0.2, -0.15) is 4.68 Å². The van der Waals surface area contributed by atoms with Crippen LogP contribution in [0.5, 0.6) is 17.2 Å². The maximum absolute atomic E-state index is 12.1. The molecule has 1 unspecified atom stereocenters. The van der Waals surface area contributed by atoms with Gasteiger partial charge in [0.05, 0.1) is 58.4 Å². The van der Waals surface area contributed by atoms with Gasteiger partial charge in [-0.05, 0) is 49.0 Å². The summed E-state index contributed by atoms with van der Waals surface area (Å²) in [5.41, 5.74) is 5.23. The first-order chi connectivity index (χ1) is 24.8. The van der Waals surface area contributed by atoms with E-state index in [-0.39, 0.29) is 38.7 Å². The van der Waals surface area contributed by atoms with E-state index < -0.39 is 37.1 Å². The summed E-state index contributed by atoms with van der Waals surface area (Å²) in [6, 6.07) is 14.7. The number of hydrogen-bond donors (Lipinski definition) is 4. The average Bonchev–Trinajstić information content (AvgIpc) is 3.42. The summed E-state index contributed by atoms with van der Waals surface area (Å²) in [4.78, 5) is 49.9. The molecule has 1 aromatic heterocycles. The van der Waals surface area contributed by atoms with E-state index in [0.717, 1.165) is 4.68 Å². The normalized spacial score (nSPS) is 11.9. The third-order valence-electron chi connectivity index (χ3n) is 5.66. The number of carbonyl (C=O) groups is 1. The van der Waals surface area contributed by atoms with Gasteiger partial charge in [-0.15, -0.1) is 5.10 Å². The Labute approximate surface area is 330 Å². The minimum atomic E-state index is -4.35. The Kier molecular flexibility index (Phi) is 19.6. The zero-order valence-electron chi connectivity index (χ0n) is 30.7. The third kappa shape index (κ3) is 17.6. The molecule has 4 rings (SSSR count). The molecule has 1 atom stereocenters. The number of benzene rings is 3. The van der Waals surface area contributed by atoms with Gasteiger partial charge in [0.25, 0.3) is 5.69 Å². The molecule has 0 aliphatic heterocycles. The van der Waals surface area contributed by atoms with Crippen LogP contribution in [0.1, 0.15) is 40.5 Å². The third-order valence-corrected chi connectivity index (χ3v) is 7.27. The molecular formula is C33H43Cl3N5O11PS. The maximum atomic E-state index is 12.1. The molecule has 0 saturated carbocycles. The monoisotopic (exact) mass is 853 g/mol. The Morgan fingerprint density at radius 3 is 2.13 bits per heavy atom. The summed E-state index contributed by atoms with van der Waals surface area (Å²) in [5, 5.41) is 25.6. The number of nitrogens with two attached hydrogens (primary N) is 1. The highest BCUT2D eigenvalue weighted by Gasteiger charge is 2.24. The molecule has 0 aliphatic rings. The molecular weight excluding hydrogens is 812 g/mol. The fraction of sp³-hybridized carbons (Fsp3) is 0.364. The van der Waals surface area contributed by atoms with Crippen LogP contribution >= 0.6 is 42.4 Å². The minimum absolute atomic E-state index is 0.0352. The van der Waals surface area contributed by atoms with Crippen LogP contribution in [-0.4, -0.2) is 68.4 Å². The van der Waals surface area contributed by atoms with E-state index in [2.05, 4.69) is 23.9 Å². The smallest absolute Gasteiger partial charge is 0.442 e. The van der Waals surface area contributed by atoms with E-state index >= 15 is 0 Å². The first-order valence-electron chi connectivity index (χ1n) is 15.5. The Bertz CT molecular complexity index is 1950. The highest BCUT2D eigenvalue weighted by atomic mass is 35.5. The van der Waals surface area contributed by atoms with Crippen LogP contribution in [0.4, 0.5) is 11.4 Å². The Morgan fingerprint density at radius 2 is 1.67 bits per heavy atom. The molecule has 0 spiro atoms. The molecule has 16 nitrogen and oxygen atoms in total. The zero-order valence-corrected chi connectivity index (χ0v) is 34.6. The summed E-state index contributed by atoms with van der Waals surface area (Å²) in [6.45, 7) is 8.99. The first-order valence-corrected chi connectivity index (χ1v) is 20.8. The number of ether oxygens (including phenoxy) is 2. The van der Waals surface area contributed by atoms with Crippen molar-refractivity contribution in [2.24, 2.45) is 0 Å². The van der Waals surface area contributed by atoms with Gasteiger partial charge in [0.2, 0.25) is 5.89 Å². The number of nitrogens with one attached hydrogen (secondary N) is 1. The molecule has 298 valence electrons. The molecule has 0 amide bonds. The fourth-order valence-corrected chi connectivity index (χ4v) is 4.58. The van der Waals surface area contributed by atoms with Crippen LogP contribution in [0.25, 0.3) is 5.69 Å². The first kappa shape index (κ1) is 48.2. The standard InChI is InChI=1S/C15H18Cl2N2O3.C12H9ClN2O3.C3H8NO5P.C3H9S/c1-8(2)21-12-7-11(9(16)6-10(12)17)19-14(20)22-13(18-19)15(3,4)5;13-11-10(18-8-4-2-1-3-5-8)7-6-9(12(11)14)15(16)17;5-3(6)1-4-2-10(7,8)9;1-4(2)3/h6-8H,1-5H3;1-7H,14H2;4H,1-2H2,(H,5,6)(H2,7,8,9);1-3H3/q;;;+1/p-1. The van der Waals surface area contributed by atoms with Crippen molar-refractivity contribution in [1.29, 1.82) is 0 Å². The van der Waals surface area contributed by atoms with Crippen molar-refractivity contribution < 1.29 is 43.1 Å². The van der Waals surface area contributed by atoms with E-state index in [1.807, 2.05) is 46.0 Å². The minimum Gasteiger partial charge on any atom is -0.778 e. The van der Waals surface area contributed by atoms with Crippen molar-refractivity contribution in [3.63, 3.8) is 0 Å². The van der Waals surface area contributed by atoms with Gasteiger partial charge < -0.3 is 39.1 Å². The molecule has 1 heterocycles. The average molecular weight is 855 g/mol. The number of halogens is 3. The van der Waals surface area contributed by atoms with Crippen molar-refractivity contribution in [1.82, 2.24) is 15.1 Å². The lowest BCUT2D eigenvalue weighted by Crippen LogP contribution is -2.25. The molecule has 21 heteroatoms. The van der Waals surface area contributed by atoms with Crippen LogP contribution in [-0.2, 0) is 25.7 Å². The molecule has 5 N–H and O–H groups in total. The number of rotatable bonds is 10. The van der Waals surface area contributed by atoms with E-state index in [9.17, 15) is 29.2 Å². The van der Waals surface area contributed by atoms with Crippen molar-refractivity contribution >= 4 is 70.6 Å². The Morgan fingerprint density at radius 1 is 1.09 bits per heavy atom. The molecule has 3 aromatic carbocycles. The number of nitro groups is 1. The largest absolute Gasteiger partial charge is 0.778 e. The lowest BCUT2D eigenvalue weighted by Gasteiger charge is -2.14. The number of carboxylic acid groups (broad SMARTS) is 1. The number of nitro benzene ring substituents is 1. The second-order valence-electron chi connectivity index (χ2n) is 12.6.